The fourth-order valence-corrected chi connectivity index (χ4v) is 1.49. The van der Waals surface area contributed by atoms with Crippen molar-refractivity contribution >= 4 is 5.69 Å². The summed E-state index contributed by atoms with van der Waals surface area (Å²) in [6, 6.07) is 9.77. The first-order valence-electron chi connectivity index (χ1n) is 5.39. The molecule has 0 saturated carbocycles. The number of rotatable bonds is 3. The Morgan fingerprint density at radius 2 is 2.16 bits per heavy atom. The van der Waals surface area contributed by atoms with Crippen molar-refractivity contribution in [3.05, 3.63) is 57.8 Å². The van der Waals surface area contributed by atoms with Crippen molar-refractivity contribution in [3.63, 3.8) is 0 Å². The average molecular weight is 255 g/mol. The first kappa shape index (κ1) is 12.5. The first-order chi connectivity index (χ1) is 9.10. The predicted molar refractivity (Wildman–Crippen MR) is 66.9 cm³/mol. The monoisotopic (exact) mass is 255 g/mol. The Balaban J connectivity index is 2.22. The molecule has 6 nitrogen and oxygen atoms in total. The van der Waals surface area contributed by atoms with Crippen LogP contribution in [0.15, 0.2) is 36.5 Å². The van der Waals surface area contributed by atoms with Gasteiger partial charge in [-0.05, 0) is 30.7 Å². The number of pyridine rings is 1. The Hall–Kier alpha value is -2.94. The van der Waals surface area contributed by atoms with Crippen molar-refractivity contribution in [2.45, 2.75) is 6.92 Å². The van der Waals surface area contributed by atoms with Crippen molar-refractivity contribution in [2.24, 2.45) is 0 Å². The van der Waals surface area contributed by atoms with Crippen LogP contribution in [0.5, 0.6) is 11.6 Å². The summed E-state index contributed by atoms with van der Waals surface area (Å²) < 4.78 is 5.50. The molecule has 0 spiro atoms. The lowest BCUT2D eigenvalue weighted by Gasteiger charge is -2.07. The van der Waals surface area contributed by atoms with E-state index >= 15 is 0 Å². The number of nitrogens with zero attached hydrogens (tertiary/aromatic N) is 3. The minimum atomic E-state index is -0.524. The van der Waals surface area contributed by atoms with Crippen molar-refractivity contribution < 1.29 is 9.66 Å². The molecule has 2 rings (SSSR count). The summed E-state index contributed by atoms with van der Waals surface area (Å²) in [5, 5.41) is 19.2. The van der Waals surface area contributed by atoms with Gasteiger partial charge >= 0.3 is 0 Å². The second-order valence-corrected chi connectivity index (χ2v) is 3.81. The van der Waals surface area contributed by atoms with Gasteiger partial charge in [-0.25, -0.2) is 4.98 Å². The van der Waals surface area contributed by atoms with Crippen molar-refractivity contribution in [1.82, 2.24) is 4.98 Å². The third kappa shape index (κ3) is 2.84. The second kappa shape index (κ2) is 5.14. The summed E-state index contributed by atoms with van der Waals surface area (Å²) >= 11 is 0. The van der Waals surface area contributed by atoms with E-state index in [1.54, 1.807) is 18.2 Å². The molecule has 6 heteroatoms. The molecule has 0 aliphatic carbocycles. The largest absolute Gasteiger partial charge is 0.439 e. The molecular weight excluding hydrogens is 246 g/mol. The SMILES string of the molecule is Cc1cc(C#N)ccc1Oc1ccc([N+](=O)[O-])cn1. The number of nitriles is 1. The van der Waals surface area contributed by atoms with E-state index in [2.05, 4.69) is 4.98 Å². The van der Waals surface area contributed by atoms with E-state index in [-0.39, 0.29) is 11.6 Å². The van der Waals surface area contributed by atoms with Gasteiger partial charge in [-0.1, -0.05) is 0 Å². The van der Waals surface area contributed by atoms with Gasteiger partial charge in [0.05, 0.1) is 16.6 Å². The molecule has 94 valence electrons. The summed E-state index contributed by atoms with van der Waals surface area (Å²) in [4.78, 5) is 13.8. The van der Waals surface area contributed by atoms with Crippen LogP contribution >= 0.6 is 0 Å². The van der Waals surface area contributed by atoms with E-state index in [1.807, 2.05) is 13.0 Å². The molecule has 0 unspecified atom stereocenters. The second-order valence-electron chi connectivity index (χ2n) is 3.81. The lowest BCUT2D eigenvalue weighted by atomic mass is 10.1. The van der Waals surface area contributed by atoms with Crippen molar-refractivity contribution in [3.8, 4) is 17.7 Å². The molecule has 0 N–H and O–H groups in total. The maximum absolute atomic E-state index is 10.5. The summed E-state index contributed by atoms with van der Waals surface area (Å²) in [5.74, 6) is 0.818. The van der Waals surface area contributed by atoms with Gasteiger partial charge in [0.2, 0.25) is 5.88 Å². The van der Waals surface area contributed by atoms with Gasteiger partial charge in [0.25, 0.3) is 5.69 Å². The van der Waals surface area contributed by atoms with E-state index in [4.69, 9.17) is 10.00 Å². The molecule has 0 radical (unpaired) electrons. The molecule has 0 atom stereocenters. The van der Waals surface area contributed by atoms with Crippen LogP contribution in [0.1, 0.15) is 11.1 Å². The third-order valence-corrected chi connectivity index (χ3v) is 2.45. The van der Waals surface area contributed by atoms with Crippen LogP contribution < -0.4 is 4.74 Å². The number of nitro groups is 1. The smallest absolute Gasteiger partial charge is 0.287 e. The van der Waals surface area contributed by atoms with E-state index in [0.29, 0.717) is 11.3 Å². The highest BCUT2D eigenvalue weighted by Crippen LogP contribution is 2.25. The molecule has 2 aromatic rings. The molecule has 0 saturated heterocycles. The molecule has 1 aromatic heterocycles. The number of ether oxygens (including phenoxy) is 1. The third-order valence-electron chi connectivity index (χ3n) is 2.45. The van der Waals surface area contributed by atoms with Crippen LogP contribution in [0.25, 0.3) is 0 Å². The van der Waals surface area contributed by atoms with Gasteiger partial charge in [-0.3, -0.25) is 10.1 Å². The minimum absolute atomic E-state index is 0.0936. The Bertz CT molecular complexity index is 660. The average Bonchev–Trinajstić information content (AvgIpc) is 2.41. The van der Waals surface area contributed by atoms with Gasteiger partial charge in [-0.2, -0.15) is 5.26 Å². The fraction of sp³-hybridized carbons (Fsp3) is 0.0769. The van der Waals surface area contributed by atoms with E-state index < -0.39 is 4.92 Å². The van der Waals surface area contributed by atoms with Crippen LogP contribution in [-0.2, 0) is 0 Å². The topological polar surface area (TPSA) is 89.0 Å². The summed E-state index contributed by atoms with van der Waals surface area (Å²) in [7, 11) is 0. The highest BCUT2D eigenvalue weighted by atomic mass is 16.6. The molecule has 0 bridgehead atoms. The Morgan fingerprint density at radius 1 is 1.37 bits per heavy atom. The standard InChI is InChI=1S/C13H9N3O3/c1-9-6-10(7-14)2-4-12(9)19-13-5-3-11(8-15-13)16(17)18/h2-6,8H,1H3. The number of aryl methyl sites for hydroxylation is 1. The van der Waals surface area contributed by atoms with Gasteiger partial charge in [0, 0.05) is 12.1 Å². The van der Waals surface area contributed by atoms with Gasteiger partial charge in [0.1, 0.15) is 11.9 Å². The molecule has 0 aliphatic heterocycles. The molecule has 19 heavy (non-hydrogen) atoms. The lowest BCUT2D eigenvalue weighted by molar-refractivity contribution is -0.385. The van der Waals surface area contributed by atoms with Gasteiger partial charge < -0.3 is 4.74 Å². The normalized spacial score (nSPS) is 9.68. The zero-order valence-corrected chi connectivity index (χ0v) is 10.0. The maximum Gasteiger partial charge on any atom is 0.287 e. The van der Waals surface area contributed by atoms with E-state index in [0.717, 1.165) is 11.8 Å². The van der Waals surface area contributed by atoms with E-state index in [1.165, 1.54) is 12.1 Å². The van der Waals surface area contributed by atoms with Crippen molar-refractivity contribution in [2.75, 3.05) is 0 Å². The molecule has 0 aliphatic rings. The Labute approximate surface area is 109 Å². The number of hydrogen-bond acceptors (Lipinski definition) is 5. The number of aromatic nitrogens is 1. The predicted octanol–water partition coefficient (Wildman–Crippen LogP) is 2.96. The van der Waals surface area contributed by atoms with Gasteiger partial charge in [-0.15, -0.1) is 0 Å². The van der Waals surface area contributed by atoms with Crippen molar-refractivity contribution in [1.29, 1.82) is 5.26 Å². The van der Waals surface area contributed by atoms with Crippen LogP contribution in [0, 0.1) is 28.4 Å². The molecular formula is C13H9N3O3. The molecule has 1 heterocycles. The minimum Gasteiger partial charge on any atom is -0.439 e. The zero-order valence-electron chi connectivity index (χ0n) is 10.0. The summed E-state index contributed by atoms with van der Waals surface area (Å²) in [6.07, 6.45) is 1.13. The highest BCUT2D eigenvalue weighted by molar-refractivity contribution is 5.43. The fourth-order valence-electron chi connectivity index (χ4n) is 1.49. The quantitative estimate of drug-likeness (QED) is 0.621. The Kier molecular flexibility index (Phi) is 3.39. The first-order valence-corrected chi connectivity index (χ1v) is 5.39. The van der Waals surface area contributed by atoms with Crippen LogP contribution in [0.3, 0.4) is 0 Å². The number of hydrogen-bond donors (Lipinski definition) is 0. The maximum atomic E-state index is 10.5. The summed E-state index contributed by atoms with van der Waals surface area (Å²) in [6.45, 7) is 1.81. The van der Waals surface area contributed by atoms with Crippen LogP contribution in [-0.4, -0.2) is 9.91 Å². The number of benzene rings is 1. The highest BCUT2D eigenvalue weighted by Gasteiger charge is 2.08. The summed E-state index contributed by atoms with van der Waals surface area (Å²) in [5.41, 5.74) is 1.24. The van der Waals surface area contributed by atoms with Crippen LogP contribution in [0.2, 0.25) is 0 Å². The van der Waals surface area contributed by atoms with E-state index in [9.17, 15) is 10.1 Å². The van der Waals surface area contributed by atoms with Gasteiger partial charge in [0.15, 0.2) is 0 Å². The molecule has 0 fully saturated rings. The lowest BCUT2D eigenvalue weighted by Crippen LogP contribution is -1.93. The van der Waals surface area contributed by atoms with Crippen LogP contribution in [0.4, 0.5) is 5.69 Å². The Morgan fingerprint density at radius 3 is 2.68 bits per heavy atom. The molecule has 0 amide bonds. The zero-order chi connectivity index (χ0) is 13.8. The molecule has 1 aromatic carbocycles.